The molecule has 1 amide bonds. The summed E-state index contributed by atoms with van der Waals surface area (Å²) in [6, 6.07) is 4.13. The summed E-state index contributed by atoms with van der Waals surface area (Å²) in [6.45, 7) is 1.11. The molecule has 1 saturated heterocycles. The molecule has 2 N–H and O–H groups in total. The number of hydrogen-bond acceptors (Lipinski definition) is 6. The zero-order valence-corrected chi connectivity index (χ0v) is 17.2. The fraction of sp³-hybridized carbons (Fsp3) is 0.632. The number of rotatable bonds is 8. The van der Waals surface area contributed by atoms with Gasteiger partial charge in [0.2, 0.25) is 15.9 Å². The summed E-state index contributed by atoms with van der Waals surface area (Å²) >= 11 is 0. The molecule has 29 heavy (non-hydrogen) atoms. The van der Waals surface area contributed by atoms with Crippen LogP contribution in [-0.4, -0.2) is 49.2 Å². The molecule has 1 aliphatic carbocycles. The molecule has 0 aromatic heterocycles. The van der Waals surface area contributed by atoms with Crippen LogP contribution in [0.15, 0.2) is 23.1 Å². The van der Waals surface area contributed by atoms with Gasteiger partial charge in [0, 0.05) is 38.2 Å². The number of carbonyl (C=O) groups is 1. The fourth-order valence-corrected chi connectivity index (χ4v) is 5.45. The monoisotopic (exact) mass is 424 g/mol. The summed E-state index contributed by atoms with van der Waals surface area (Å²) in [6.07, 6.45) is 7.03. The molecule has 10 heteroatoms. The average Bonchev–Trinajstić information content (AvgIpc) is 3.21. The van der Waals surface area contributed by atoms with E-state index in [0.29, 0.717) is 13.1 Å². The first kappa shape index (κ1) is 21.5. The molecule has 1 aromatic carbocycles. The molecule has 0 unspecified atom stereocenters. The largest absolute Gasteiger partial charge is 0.379 e. The summed E-state index contributed by atoms with van der Waals surface area (Å²) in [5.41, 5.74) is -0.0967. The van der Waals surface area contributed by atoms with Crippen LogP contribution in [0.4, 0.5) is 11.4 Å². The number of carbonyl (C=O) groups excluding carboxylic acids is 1. The Labute approximate surface area is 171 Å². The number of hydrogen-bond donors (Lipinski definition) is 2. The van der Waals surface area contributed by atoms with E-state index in [1.165, 1.54) is 16.4 Å². The lowest BCUT2D eigenvalue weighted by molar-refractivity contribution is -0.384. The van der Waals surface area contributed by atoms with Crippen molar-refractivity contribution in [2.75, 3.05) is 25.0 Å². The van der Waals surface area contributed by atoms with Crippen molar-refractivity contribution in [1.29, 1.82) is 0 Å². The van der Waals surface area contributed by atoms with Crippen LogP contribution in [0, 0.1) is 10.1 Å². The number of nitro benzene ring substituents is 1. The van der Waals surface area contributed by atoms with Gasteiger partial charge in [-0.25, -0.2) is 8.42 Å². The molecule has 1 heterocycles. The average molecular weight is 425 g/mol. The van der Waals surface area contributed by atoms with Gasteiger partial charge < -0.3 is 10.6 Å². The molecule has 0 atom stereocenters. The van der Waals surface area contributed by atoms with Crippen molar-refractivity contribution >= 4 is 27.3 Å². The molecule has 0 bridgehead atoms. The summed E-state index contributed by atoms with van der Waals surface area (Å²) in [5, 5.41) is 17.4. The molecule has 1 saturated carbocycles. The predicted molar refractivity (Wildman–Crippen MR) is 109 cm³/mol. The van der Waals surface area contributed by atoms with E-state index in [4.69, 9.17) is 0 Å². The van der Waals surface area contributed by atoms with E-state index in [0.717, 1.165) is 51.0 Å². The number of nitrogens with zero attached hydrogens (tertiary/aromatic N) is 2. The maximum atomic E-state index is 12.8. The first-order valence-corrected chi connectivity index (χ1v) is 11.6. The van der Waals surface area contributed by atoms with Gasteiger partial charge in [-0.15, -0.1) is 0 Å². The van der Waals surface area contributed by atoms with Crippen LogP contribution in [0.2, 0.25) is 0 Å². The predicted octanol–water partition coefficient (Wildman–Crippen LogP) is 2.63. The third-order valence-corrected chi connectivity index (χ3v) is 7.40. The number of piperidine rings is 1. The quantitative estimate of drug-likeness (QED) is 0.489. The summed E-state index contributed by atoms with van der Waals surface area (Å²) < 4.78 is 26.9. The Kier molecular flexibility index (Phi) is 7.07. The molecule has 2 aliphatic rings. The summed E-state index contributed by atoms with van der Waals surface area (Å²) in [4.78, 5) is 22.8. The van der Waals surface area contributed by atoms with Crippen LogP contribution in [-0.2, 0) is 14.8 Å². The third-order valence-electron chi connectivity index (χ3n) is 5.51. The minimum Gasteiger partial charge on any atom is -0.379 e. The Morgan fingerprint density at radius 2 is 1.83 bits per heavy atom. The minimum atomic E-state index is -3.75. The van der Waals surface area contributed by atoms with E-state index >= 15 is 0 Å². The van der Waals surface area contributed by atoms with Crippen LogP contribution in [0.3, 0.4) is 0 Å². The molecule has 2 fully saturated rings. The highest BCUT2D eigenvalue weighted by atomic mass is 32.2. The lowest BCUT2D eigenvalue weighted by atomic mass is 10.2. The standard InChI is InChI=1S/C19H28N4O5S/c24-19(21-15-6-2-3-7-15)10-11-20-17-9-8-16(14-18(17)23(25)26)29(27,28)22-12-4-1-5-13-22/h8-9,14-15,20H,1-7,10-13H2,(H,21,24). The maximum Gasteiger partial charge on any atom is 0.293 e. The van der Waals surface area contributed by atoms with Gasteiger partial charge in [0.15, 0.2) is 0 Å². The van der Waals surface area contributed by atoms with Crippen molar-refractivity contribution < 1.29 is 18.1 Å². The number of nitrogens with one attached hydrogen (secondary N) is 2. The zero-order valence-electron chi connectivity index (χ0n) is 16.4. The molecular formula is C19H28N4O5S. The van der Waals surface area contributed by atoms with Gasteiger partial charge >= 0.3 is 0 Å². The van der Waals surface area contributed by atoms with Crippen LogP contribution < -0.4 is 10.6 Å². The number of nitro groups is 1. The second kappa shape index (κ2) is 9.53. The number of sulfonamides is 1. The molecule has 1 aliphatic heterocycles. The Morgan fingerprint density at radius 1 is 1.14 bits per heavy atom. The highest BCUT2D eigenvalue weighted by Crippen LogP contribution is 2.30. The molecule has 0 spiro atoms. The normalized spacial score (nSPS) is 18.5. The van der Waals surface area contributed by atoms with E-state index in [-0.39, 0.29) is 41.2 Å². The minimum absolute atomic E-state index is 0.0735. The molecule has 160 valence electrons. The van der Waals surface area contributed by atoms with Crippen molar-refractivity contribution in [3.05, 3.63) is 28.3 Å². The number of benzene rings is 1. The van der Waals surface area contributed by atoms with Gasteiger partial charge in [-0.2, -0.15) is 4.31 Å². The van der Waals surface area contributed by atoms with Gasteiger partial charge in [-0.05, 0) is 37.8 Å². The second-order valence-electron chi connectivity index (χ2n) is 7.63. The van der Waals surface area contributed by atoms with Gasteiger partial charge in [-0.1, -0.05) is 19.3 Å². The van der Waals surface area contributed by atoms with Crippen molar-refractivity contribution in [1.82, 2.24) is 9.62 Å². The van der Waals surface area contributed by atoms with E-state index in [1.54, 1.807) is 0 Å². The Hall–Kier alpha value is -2.20. The van der Waals surface area contributed by atoms with Crippen molar-refractivity contribution in [2.24, 2.45) is 0 Å². The first-order valence-electron chi connectivity index (χ1n) is 10.2. The lowest BCUT2D eigenvalue weighted by Crippen LogP contribution is -2.35. The Balaban J connectivity index is 1.64. The molecule has 9 nitrogen and oxygen atoms in total. The third kappa shape index (κ3) is 5.45. The molecular weight excluding hydrogens is 396 g/mol. The molecule has 1 aromatic rings. The van der Waals surface area contributed by atoms with Gasteiger partial charge in [0.1, 0.15) is 5.69 Å². The fourth-order valence-electron chi connectivity index (χ4n) is 3.91. The van der Waals surface area contributed by atoms with Crippen LogP contribution in [0.5, 0.6) is 0 Å². The smallest absolute Gasteiger partial charge is 0.293 e. The topological polar surface area (TPSA) is 122 Å². The maximum absolute atomic E-state index is 12.8. The van der Waals surface area contributed by atoms with Crippen LogP contribution in [0.25, 0.3) is 0 Å². The summed E-state index contributed by atoms with van der Waals surface area (Å²) in [7, 11) is -3.75. The highest BCUT2D eigenvalue weighted by molar-refractivity contribution is 7.89. The Morgan fingerprint density at radius 3 is 2.48 bits per heavy atom. The highest BCUT2D eigenvalue weighted by Gasteiger charge is 2.28. The van der Waals surface area contributed by atoms with E-state index in [1.807, 2.05) is 0 Å². The summed E-state index contributed by atoms with van der Waals surface area (Å²) in [5.74, 6) is -0.0867. The Bertz CT molecular complexity index is 846. The molecule has 3 rings (SSSR count). The SMILES string of the molecule is O=C(CCNc1ccc(S(=O)(=O)N2CCCCC2)cc1[N+](=O)[O-])NC1CCCC1. The van der Waals surface area contributed by atoms with E-state index in [9.17, 15) is 23.3 Å². The van der Waals surface area contributed by atoms with E-state index in [2.05, 4.69) is 10.6 Å². The van der Waals surface area contributed by atoms with Crippen molar-refractivity contribution in [3.63, 3.8) is 0 Å². The van der Waals surface area contributed by atoms with E-state index < -0.39 is 14.9 Å². The van der Waals surface area contributed by atoms with Gasteiger partial charge in [0.25, 0.3) is 5.69 Å². The van der Waals surface area contributed by atoms with Gasteiger partial charge in [0.05, 0.1) is 9.82 Å². The zero-order chi connectivity index (χ0) is 20.9. The number of amides is 1. The van der Waals surface area contributed by atoms with Gasteiger partial charge in [-0.3, -0.25) is 14.9 Å². The molecule has 0 radical (unpaired) electrons. The number of anilines is 1. The second-order valence-corrected chi connectivity index (χ2v) is 9.56. The van der Waals surface area contributed by atoms with Crippen molar-refractivity contribution in [2.45, 2.75) is 62.3 Å². The lowest BCUT2D eigenvalue weighted by Gasteiger charge is -2.25. The van der Waals surface area contributed by atoms with Crippen molar-refractivity contribution in [3.8, 4) is 0 Å². The van der Waals surface area contributed by atoms with Crippen LogP contribution in [0.1, 0.15) is 51.4 Å². The first-order chi connectivity index (χ1) is 13.9. The van der Waals surface area contributed by atoms with Crippen LogP contribution >= 0.6 is 0 Å².